The molecule has 2 fully saturated rings. The van der Waals surface area contributed by atoms with Crippen molar-refractivity contribution >= 4 is 8.32 Å². The monoisotopic (exact) mass is 378 g/mol. The van der Waals surface area contributed by atoms with Crippen LogP contribution < -0.4 is 0 Å². The molecule has 0 aromatic heterocycles. The number of hydrogen-bond donors (Lipinski definition) is 1. The van der Waals surface area contributed by atoms with Gasteiger partial charge in [-0.25, -0.2) is 0 Å². The second-order valence-electron chi connectivity index (χ2n) is 9.50. The van der Waals surface area contributed by atoms with Crippen LogP contribution >= 0.6 is 0 Å². The van der Waals surface area contributed by atoms with Crippen LogP contribution in [0.1, 0.15) is 39.7 Å². The van der Waals surface area contributed by atoms with Gasteiger partial charge in [0.25, 0.3) is 0 Å². The minimum Gasteiger partial charge on any atom is -0.411 e. The van der Waals surface area contributed by atoms with Crippen molar-refractivity contribution < 1.29 is 19.0 Å². The molecule has 3 rings (SSSR count). The fourth-order valence-electron chi connectivity index (χ4n) is 3.84. The van der Waals surface area contributed by atoms with E-state index in [1.54, 1.807) is 0 Å². The summed E-state index contributed by atoms with van der Waals surface area (Å²) in [6.07, 6.45) is 0.252. The van der Waals surface area contributed by atoms with Gasteiger partial charge in [-0.05, 0) is 23.7 Å². The number of rotatable bonds is 6. The molecule has 146 valence electrons. The Labute approximate surface area is 159 Å². The van der Waals surface area contributed by atoms with E-state index < -0.39 is 20.0 Å². The Kier molecular flexibility index (Phi) is 5.41. The summed E-state index contributed by atoms with van der Waals surface area (Å²) in [5.41, 5.74) is 0.384. The lowest BCUT2D eigenvalue weighted by Crippen LogP contribution is -2.59. The first-order valence-electron chi connectivity index (χ1n) is 9.72. The molecule has 2 heterocycles. The van der Waals surface area contributed by atoms with Crippen molar-refractivity contribution in [3.63, 3.8) is 0 Å². The highest BCUT2D eigenvalue weighted by Crippen LogP contribution is 2.51. The molecule has 1 aromatic carbocycles. The maximum absolute atomic E-state index is 10.9. The fraction of sp³-hybridized carbons (Fsp3) is 0.714. The summed E-state index contributed by atoms with van der Waals surface area (Å²) in [7, 11) is -1.96. The van der Waals surface area contributed by atoms with Gasteiger partial charge in [0.15, 0.2) is 8.32 Å². The standard InChI is InChI=1S/C21H34O4Si/c1-15-17-12-18(25-26(5,6)20(2,3)4)21(24-17,19(15)22)14-23-13-16-10-8-7-9-11-16/h7-11,15,17-19,22H,12-14H2,1-6H3/t15-,17-,18+,19+,21-/m1/s1. The van der Waals surface area contributed by atoms with Crippen LogP contribution in [0, 0.1) is 5.92 Å². The number of benzene rings is 1. The maximum Gasteiger partial charge on any atom is 0.192 e. The van der Waals surface area contributed by atoms with Gasteiger partial charge in [-0.2, -0.15) is 0 Å². The molecule has 2 aliphatic heterocycles. The molecule has 2 bridgehead atoms. The van der Waals surface area contributed by atoms with Crippen molar-refractivity contribution in [1.82, 2.24) is 0 Å². The summed E-state index contributed by atoms with van der Waals surface area (Å²) >= 11 is 0. The Morgan fingerprint density at radius 3 is 2.46 bits per heavy atom. The first-order chi connectivity index (χ1) is 12.1. The summed E-state index contributed by atoms with van der Waals surface area (Å²) in [5, 5.41) is 11.1. The van der Waals surface area contributed by atoms with Crippen LogP contribution in [-0.2, 0) is 20.5 Å². The summed E-state index contributed by atoms with van der Waals surface area (Å²) in [6.45, 7) is 14.2. The second-order valence-corrected chi connectivity index (χ2v) is 14.3. The van der Waals surface area contributed by atoms with Gasteiger partial charge in [-0.15, -0.1) is 0 Å². The molecular weight excluding hydrogens is 344 g/mol. The lowest BCUT2D eigenvalue weighted by Gasteiger charge is -2.45. The third kappa shape index (κ3) is 3.52. The maximum atomic E-state index is 10.9. The average Bonchev–Trinajstić information content (AvgIpc) is 3.02. The van der Waals surface area contributed by atoms with E-state index in [4.69, 9.17) is 13.9 Å². The van der Waals surface area contributed by atoms with Gasteiger partial charge in [0.2, 0.25) is 0 Å². The molecule has 0 saturated carbocycles. The van der Waals surface area contributed by atoms with Crippen molar-refractivity contribution in [2.45, 2.75) is 82.8 Å². The van der Waals surface area contributed by atoms with E-state index in [9.17, 15) is 5.11 Å². The molecule has 0 spiro atoms. The molecule has 2 saturated heterocycles. The minimum absolute atomic E-state index is 0.0556. The van der Waals surface area contributed by atoms with Crippen LogP contribution in [0.4, 0.5) is 0 Å². The molecule has 0 amide bonds. The first-order valence-corrected chi connectivity index (χ1v) is 12.6. The number of fused-ring (bicyclic) bond motifs is 2. The highest BCUT2D eigenvalue weighted by atomic mass is 28.4. The van der Waals surface area contributed by atoms with E-state index in [-0.39, 0.29) is 23.2 Å². The van der Waals surface area contributed by atoms with Crippen LogP contribution in [0.5, 0.6) is 0 Å². The number of ether oxygens (including phenoxy) is 2. The largest absolute Gasteiger partial charge is 0.411 e. The second kappa shape index (κ2) is 7.02. The van der Waals surface area contributed by atoms with E-state index in [1.807, 2.05) is 30.3 Å². The SMILES string of the molecule is C[C@@H]1[C@H]2C[C@H](O[Si](C)(C)C(C)(C)C)[C@@](COCc3ccccc3)(O2)[C@H]1O. The van der Waals surface area contributed by atoms with Crippen LogP contribution in [0.2, 0.25) is 18.1 Å². The average molecular weight is 379 g/mol. The number of aliphatic hydroxyl groups is 1. The molecule has 1 aromatic rings. The van der Waals surface area contributed by atoms with E-state index in [0.717, 1.165) is 12.0 Å². The smallest absolute Gasteiger partial charge is 0.192 e. The van der Waals surface area contributed by atoms with Crippen molar-refractivity contribution in [2.24, 2.45) is 5.92 Å². The lowest BCUT2D eigenvalue weighted by atomic mass is 9.78. The highest BCUT2D eigenvalue weighted by molar-refractivity contribution is 6.74. The number of hydrogen-bond acceptors (Lipinski definition) is 4. The Bertz CT molecular complexity index is 612. The molecule has 0 unspecified atom stereocenters. The Balaban J connectivity index is 1.73. The van der Waals surface area contributed by atoms with Gasteiger partial charge in [0.1, 0.15) is 5.60 Å². The van der Waals surface area contributed by atoms with Gasteiger partial charge in [-0.3, -0.25) is 0 Å². The minimum atomic E-state index is -1.96. The van der Waals surface area contributed by atoms with Gasteiger partial charge in [-0.1, -0.05) is 58.0 Å². The fourth-order valence-corrected chi connectivity index (χ4v) is 5.20. The first kappa shape index (κ1) is 20.0. The zero-order valence-corrected chi connectivity index (χ0v) is 18.0. The Hall–Kier alpha value is -0.723. The van der Waals surface area contributed by atoms with Crippen molar-refractivity contribution in [3.05, 3.63) is 35.9 Å². The molecule has 4 nitrogen and oxygen atoms in total. The van der Waals surface area contributed by atoms with E-state index in [1.165, 1.54) is 0 Å². The molecule has 0 aliphatic carbocycles. The summed E-state index contributed by atoms with van der Waals surface area (Å²) in [6, 6.07) is 10.1. The van der Waals surface area contributed by atoms with Crippen LogP contribution in [0.25, 0.3) is 0 Å². The van der Waals surface area contributed by atoms with Gasteiger partial charge in [0, 0.05) is 12.3 Å². The summed E-state index contributed by atoms with van der Waals surface area (Å²) < 4.78 is 19.0. The van der Waals surface area contributed by atoms with Crippen molar-refractivity contribution in [1.29, 1.82) is 0 Å². The van der Waals surface area contributed by atoms with Crippen LogP contribution in [-0.4, -0.2) is 43.9 Å². The third-order valence-corrected chi connectivity index (χ3v) is 11.1. The predicted molar refractivity (Wildman–Crippen MR) is 106 cm³/mol. The van der Waals surface area contributed by atoms with Crippen LogP contribution in [0.15, 0.2) is 30.3 Å². The molecule has 5 atom stereocenters. The molecule has 0 radical (unpaired) electrons. The van der Waals surface area contributed by atoms with E-state index >= 15 is 0 Å². The molecule has 26 heavy (non-hydrogen) atoms. The van der Waals surface area contributed by atoms with Crippen molar-refractivity contribution in [3.8, 4) is 0 Å². The normalized spacial score (nSPS) is 34.4. The van der Waals surface area contributed by atoms with E-state index in [0.29, 0.717) is 13.2 Å². The third-order valence-electron chi connectivity index (χ3n) is 6.63. The molecule has 5 heteroatoms. The summed E-state index contributed by atoms with van der Waals surface area (Å²) in [4.78, 5) is 0. The molecule has 1 N–H and O–H groups in total. The van der Waals surface area contributed by atoms with Gasteiger partial charge < -0.3 is 19.0 Å². The highest BCUT2D eigenvalue weighted by Gasteiger charge is 2.64. The summed E-state index contributed by atoms with van der Waals surface area (Å²) in [5.74, 6) is 0.120. The molecular formula is C21H34O4Si. The topological polar surface area (TPSA) is 47.9 Å². The Morgan fingerprint density at radius 2 is 1.88 bits per heavy atom. The van der Waals surface area contributed by atoms with E-state index in [2.05, 4.69) is 40.8 Å². The zero-order valence-electron chi connectivity index (χ0n) is 17.0. The zero-order chi connectivity index (χ0) is 19.2. The Morgan fingerprint density at radius 1 is 1.23 bits per heavy atom. The van der Waals surface area contributed by atoms with Crippen molar-refractivity contribution in [2.75, 3.05) is 6.61 Å². The van der Waals surface area contributed by atoms with Crippen LogP contribution in [0.3, 0.4) is 0 Å². The molecule has 2 aliphatic rings. The lowest BCUT2D eigenvalue weighted by molar-refractivity contribution is -0.140. The predicted octanol–water partition coefficient (Wildman–Crippen LogP) is 4.13. The van der Waals surface area contributed by atoms with Gasteiger partial charge >= 0.3 is 0 Å². The quantitative estimate of drug-likeness (QED) is 0.756. The number of aliphatic hydroxyl groups excluding tert-OH is 1. The van der Waals surface area contributed by atoms with Gasteiger partial charge in [0.05, 0.1) is 31.5 Å².